The normalized spacial score (nSPS) is 10.5. The fraction of sp³-hybridized carbons (Fsp3) is 0.222. The van der Waals surface area contributed by atoms with Gasteiger partial charge in [-0.05, 0) is 25.1 Å². The highest BCUT2D eigenvalue weighted by Gasteiger charge is 1.90. The molecule has 0 unspecified atom stereocenters. The first kappa shape index (κ1) is 8.71. The molecular weight excluding hydrogens is 157 g/mol. The summed E-state index contributed by atoms with van der Waals surface area (Å²) < 4.78 is 17.4. The van der Waals surface area contributed by atoms with Gasteiger partial charge in [-0.25, -0.2) is 4.98 Å². The van der Waals surface area contributed by atoms with Gasteiger partial charge in [0, 0.05) is 0 Å². The van der Waals surface area contributed by atoms with Crippen molar-refractivity contribution in [3.63, 3.8) is 0 Å². The quantitative estimate of drug-likeness (QED) is 0.508. The average molecular weight is 167 g/mol. The van der Waals surface area contributed by atoms with Crippen molar-refractivity contribution in [2.75, 3.05) is 6.61 Å². The average Bonchev–Trinajstić information content (AvgIpc) is 2.05. The molecule has 1 heterocycles. The fourth-order valence-corrected chi connectivity index (χ4v) is 0.731. The van der Waals surface area contributed by atoms with Crippen molar-refractivity contribution in [2.24, 2.45) is 0 Å². The van der Waals surface area contributed by atoms with Crippen LogP contribution in [0.2, 0.25) is 0 Å². The Kier molecular flexibility index (Phi) is 3.26. The SMILES string of the molecule is CCO/C=C/c1cccc(F)n1. The van der Waals surface area contributed by atoms with Crippen LogP contribution in [-0.2, 0) is 4.74 Å². The monoisotopic (exact) mass is 167 g/mol. The van der Waals surface area contributed by atoms with Gasteiger partial charge in [-0.15, -0.1) is 0 Å². The van der Waals surface area contributed by atoms with Crippen molar-refractivity contribution in [1.29, 1.82) is 0 Å². The molecule has 1 aromatic heterocycles. The van der Waals surface area contributed by atoms with E-state index in [1.165, 1.54) is 12.3 Å². The highest BCUT2D eigenvalue weighted by molar-refractivity contribution is 5.42. The van der Waals surface area contributed by atoms with Crippen LogP contribution in [-0.4, -0.2) is 11.6 Å². The third-order valence-corrected chi connectivity index (χ3v) is 1.24. The second kappa shape index (κ2) is 4.49. The zero-order valence-corrected chi connectivity index (χ0v) is 6.83. The molecule has 0 radical (unpaired) electrons. The van der Waals surface area contributed by atoms with Crippen LogP contribution in [0, 0.1) is 5.95 Å². The molecule has 0 aliphatic carbocycles. The number of pyridine rings is 1. The Morgan fingerprint density at radius 3 is 3.08 bits per heavy atom. The maximum atomic E-state index is 12.5. The van der Waals surface area contributed by atoms with E-state index >= 15 is 0 Å². The van der Waals surface area contributed by atoms with Crippen LogP contribution in [0.3, 0.4) is 0 Å². The summed E-state index contributed by atoms with van der Waals surface area (Å²) in [6.07, 6.45) is 3.12. The maximum Gasteiger partial charge on any atom is 0.213 e. The second-order valence-electron chi connectivity index (χ2n) is 2.14. The summed E-state index contributed by atoms with van der Waals surface area (Å²) in [5.74, 6) is -0.478. The Balaban J connectivity index is 2.63. The van der Waals surface area contributed by atoms with E-state index in [1.54, 1.807) is 18.2 Å². The number of hydrogen-bond donors (Lipinski definition) is 0. The standard InChI is InChI=1S/C9H10FNO/c1-2-12-7-6-8-4-3-5-9(10)11-8/h3-7H,2H2,1H3/b7-6+. The van der Waals surface area contributed by atoms with E-state index in [1.807, 2.05) is 6.92 Å². The largest absolute Gasteiger partial charge is 0.501 e. The maximum absolute atomic E-state index is 12.5. The molecule has 0 aromatic carbocycles. The molecule has 0 atom stereocenters. The summed E-state index contributed by atoms with van der Waals surface area (Å²) in [5, 5.41) is 0. The van der Waals surface area contributed by atoms with E-state index in [-0.39, 0.29) is 0 Å². The van der Waals surface area contributed by atoms with Gasteiger partial charge >= 0.3 is 0 Å². The Bertz CT molecular complexity index is 273. The highest BCUT2D eigenvalue weighted by atomic mass is 19.1. The van der Waals surface area contributed by atoms with Gasteiger partial charge in [0.05, 0.1) is 18.6 Å². The molecule has 0 bridgehead atoms. The van der Waals surface area contributed by atoms with E-state index in [9.17, 15) is 4.39 Å². The highest BCUT2D eigenvalue weighted by Crippen LogP contribution is 1.99. The van der Waals surface area contributed by atoms with Crippen LogP contribution in [0.15, 0.2) is 24.5 Å². The molecule has 0 N–H and O–H groups in total. The van der Waals surface area contributed by atoms with Crippen molar-refractivity contribution in [1.82, 2.24) is 4.98 Å². The van der Waals surface area contributed by atoms with Gasteiger partial charge in [0.15, 0.2) is 0 Å². The third kappa shape index (κ3) is 2.70. The molecule has 0 spiro atoms. The molecular formula is C9H10FNO. The fourth-order valence-electron chi connectivity index (χ4n) is 0.731. The number of halogens is 1. The number of rotatable bonds is 3. The Hall–Kier alpha value is -1.38. The van der Waals surface area contributed by atoms with E-state index in [0.717, 1.165) is 0 Å². The van der Waals surface area contributed by atoms with Gasteiger partial charge < -0.3 is 4.74 Å². The molecule has 3 heteroatoms. The van der Waals surface area contributed by atoms with Crippen LogP contribution in [0.5, 0.6) is 0 Å². The topological polar surface area (TPSA) is 22.1 Å². The van der Waals surface area contributed by atoms with Crippen molar-refractivity contribution < 1.29 is 9.13 Å². The number of aromatic nitrogens is 1. The van der Waals surface area contributed by atoms with Crippen LogP contribution >= 0.6 is 0 Å². The number of ether oxygens (including phenoxy) is 1. The van der Waals surface area contributed by atoms with Crippen molar-refractivity contribution in [3.8, 4) is 0 Å². The number of hydrogen-bond acceptors (Lipinski definition) is 2. The van der Waals surface area contributed by atoms with Crippen molar-refractivity contribution >= 4 is 6.08 Å². The smallest absolute Gasteiger partial charge is 0.213 e. The zero-order chi connectivity index (χ0) is 8.81. The van der Waals surface area contributed by atoms with Gasteiger partial charge in [-0.3, -0.25) is 0 Å². The lowest BCUT2D eigenvalue weighted by Gasteiger charge is -1.93. The summed E-state index contributed by atoms with van der Waals surface area (Å²) in [5.41, 5.74) is 0.559. The lowest BCUT2D eigenvalue weighted by Crippen LogP contribution is -1.85. The van der Waals surface area contributed by atoms with E-state index in [2.05, 4.69) is 4.98 Å². The van der Waals surface area contributed by atoms with E-state index < -0.39 is 5.95 Å². The van der Waals surface area contributed by atoms with Gasteiger partial charge in [-0.1, -0.05) is 6.07 Å². The molecule has 12 heavy (non-hydrogen) atoms. The summed E-state index contributed by atoms with van der Waals surface area (Å²) in [4.78, 5) is 3.61. The lowest BCUT2D eigenvalue weighted by atomic mass is 10.3. The molecule has 64 valence electrons. The van der Waals surface area contributed by atoms with E-state index in [4.69, 9.17) is 4.74 Å². The molecule has 1 rings (SSSR count). The Morgan fingerprint density at radius 1 is 1.58 bits per heavy atom. The van der Waals surface area contributed by atoms with Gasteiger partial charge in [0.1, 0.15) is 0 Å². The van der Waals surface area contributed by atoms with Crippen LogP contribution in [0.1, 0.15) is 12.6 Å². The molecule has 0 aliphatic heterocycles. The minimum absolute atomic E-state index is 0.478. The molecule has 0 saturated heterocycles. The first-order valence-corrected chi connectivity index (χ1v) is 3.73. The van der Waals surface area contributed by atoms with E-state index in [0.29, 0.717) is 12.3 Å². The van der Waals surface area contributed by atoms with Crippen LogP contribution in [0.25, 0.3) is 6.08 Å². The third-order valence-electron chi connectivity index (χ3n) is 1.24. The number of nitrogens with zero attached hydrogens (tertiary/aromatic N) is 1. The summed E-state index contributed by atoms with van der Waals surface area (Å²) >= 11 is 0. The summed E-state index contributed by atoms with van der Waals surface area (Å²) in [6, 6.07) is 4.62. The van der Waals surface area contributed by atoms with Gasteiger partial charge in [0.25, 0.3) is 0 Å². The molecule has 1 aromatic rings. The first-order chi connectivity index (χ1) is 5.83. The van der Waals surface area contributed by atoms with Crippen LogP contribution in [0.4, 0.5) is 4.39 Å². The molecule has 0 fully saturated rings. The molecule has 2 nitrogen and oxygen atoms in total. The first-order valence-electron chi connectivity index (χ1n) is 3.73. The second-order valence-corrected chi connectivity index (χ2v) is 2.14. The predicted molar refractivity (Wildman–Crippen MR) is 44.9 cm³/mol. The zero-order valence-electron chi connectivity index (χ0n) is 6.83. The molecule has 0 aliphatic rings. The van der Waals surface area contributed by atoms with Crippen molar-refractivity contribution in [2.45, 2.75) is 6.92 Å². The van der Waals surface area contributed by atoms with Crippen molar-refractivity contribution in [3.05, 3.63) is 36.1 Å². The van der Waals surface area contributed by atoms with Gasteiger partial charge in [-0.2, -0.15) is 4.39 Å². The minimum Gasteiger partial charge on any atom is -0.501 e. The summed E-state index contributed by atoms with van der Waals surface area (Å²) in [7, 11) is 0. The predicted octanol–water partition coefficient (Wildman–Crippen LogP) is 2.23. The summed E-state index contributed by atoms with van der Waals surface area (Å²) in [6.45, 7) is 2.48. The Morgan fingerprint density at radius 2 is 2.42 bits per heavy atom. The molecule has 0 saturated carbocycles. The Labute approximate surface area is 70.7 Å². The lowest BCUT2D eigenvalue weighted by molar-refractivity contribution is 0.272. The molecule has 0 amide bonds. The minimum atomic E-state index is -0.478. The van der Waals surface area contributed by atoms with Crippen LogP contribution < -0.4 is 0 Å². The van der Waals surface area contributed by atoms with Gasteiger partial charge in [0.2, 0.25) is 5.95 Å².